The van der Waals surface area contributed by atoms with E-state index in [1.807, 2.05) is 13.1 Å². The van der Waals surface area contributed by atoms with Crippen LogP contribution in [0.15, 0.2) is 24.4 Å². The molecule has 5 nitrogen and oxygen atoms in total. The Hall–Kier alpha value is -2.61. The van der Waals surface area contributed by atoms with E-state index in [4.69, 9.17) is 0 Å². The lowest BCUT2D eigenvalue weighted by Gasteiger charge is -2.45. The molecule has 0 spiro atoms. The highest BCUT2D eigenvalue weighted by molar-refractivity contribution is 5.85. The maximum Gasteiger partial charge on any atom is 0.416 e. The Morgan fingerprint density at radius 1 is 1.03 bits per heavy atom. The summed E-state index contributed by atoms with van der Waals surface area (Å²) >= 11 is 0. The van der Waals surface area contributed by atoms with E-state index in [2.05, 4.69) is 14.8 Å². The van der Waals surface area contributed by atoms with Gasteiger partial charge in [0, 0.05) is 17.1 Å². The van der Waals surface area contributed by atoms with Crippen LogP contribution < -0.4 is 0 Å². The van der Waals surface area contributed by atoms with Crippen LogP contribution >= 0.6 is 0 Å². The molecule has 0 aliphatic heterocycles. The van der Waals surface area contributed by atoms with E-state index in [0.717, 1.165) is 35.9 Å². The number of benzene rings is 1. The first-order valence-electron chi connectivity index (χ1n) is 9.51. The smallest absolute Gasteiger partial charge is 0.416 e. The minimum Gasteiger partial charge on any atom is -0.507 e. The summed E-state index contributed by atoms with van der Waals surface area (Å²) in [5, 5.41) is 30.1. The fourth-order valence-electron chi connectivity index (χ4n) is 5.21. The molecule has 2 heterocycles. The van der Waals surface area contributed by atoms with E-state index in [1.54, 1.807) is 6.07 Å². The second kappa shape index (κ2) is 5.50. The predicted molar refractivity (Wildman–Crippen MR) is 100 cm³/mol. The summed E-state index contributed by atoms with van der Waals surface area (Å²) in [5.74, 6) is -0.471. The van der Waals surface area contributed by atoms with Gasteiger partial charge in [0.25, 0.3) is 0 Å². The van der Waals surface area contributed by atoms with E-state index in [-0.39, 0.29) is 16.7 Å². The Morgan fingerprint density at radius 3 is 2.34 bits per heavy atom. The highest BCUT2D eigenvalue weighted by atomic mass is 19.4. The number of phenols is 1. The van der Waals surface area contributed by atoms with Gasteiger partial charge in [-0.3, -0.25) is 0 Å². The Balaban J connectivity index is 1.61. The highest BCUT2D eigenvalue weighted by Crippen LogP contribution is 2.60. The third-order valence-electron chi connectivity index (χ3n) is 6.53. The molecule has 2 aromatic heterocycles. The third-order valence-corrected chi connectivity index (χ3v) is 6.53. The van der Waals surface area contributed by atoms with Crippen LogP contribution in [0.5, 0.6) is 5.75 Å². The van der Waals surface area contributed by atoms with Gasteiger partial charge in [-0.1, -0.05) is 0 Å². The molecule has 0 unspecified atom stereocenters. The van der Waals surface area contributed by atoms with Crippen molar-refractivity contribution in [3.05, 3.63) is 41.1 Å². The van der Waals surface area contributed by atoms with Crippen molar-refractivity contribution in [2.45, 2.75) is 56.8 Å². The zero-order valence-corrected chi connectivity index (χ0v) is 16.0. The van der Waals surface area contributed by atoms with Crippen molar-refractivity contribution in [3.8, 4) is 17.0 Å². The van der Waals surface area contributed by atoms with Crippen molar-refractivity contribution < 1.29 is 23.4 Å². The number of aromatic hydroxyl groups is 1. The van der Waals surface area contributed by atoms with Gasteiger partial charge in [0.1, 0.15) is 5.75 Å². The molecule has 8 heteroatoms. The Kier molecular flexibility index (Phi) is 3.50. The van der Waals surface area contributed by atoms with Crippen LogP contribution in [0.4, 0.5) is 13.2 Å². The molecule has 2 N–H and O–H groups in total. The fraction of sp³-hybridized carbons (Fsp3) is 0.429. The first kappa shape index (κ1) is 18.4. The second-order valence-corrected chi connectivity index (χ2v) is 8.64. The van der Waals surface area contributed by atoms with Crippen LogP contribution in [0, 0.1) is 13.8 Å². The molecule has 3 saturated carbocycles. The van der Waals surface area contributed by atoms with E-state index < -0.39 is 23.1 Å². The van der Waals surface area contributed by atoms with Crippen LogP contribution in [0.1, 0.15) is 42.4 Å². The van der Waals surface area contributed by atoms with Gasteiger partial charge in [0.2, 0.25) is 0 Å². The normalized spacial score (nSPS) is 26.1. The lowest BCUT2D eigenvalue weighted by molar-refractivity contribution is -0.137. The molecule has 3 aliphatic rings. The van der Waals surface area contributed by atoms with Crippen molar-refractivity contribution in [3.63, 3.8) is 0 Å². The molecule has 0 radical (unpaired) electrons. The fourth-order valence-corrected chi connectivity index (χ4v) is 5.21. The topological polar surface area (TPSA) is 71.2 Å². The number of rotatable bonds is 2. The Labute approximate surface area is 164 Å². The molecule has 0 saturated heterocycles. The number of hydrogen-bond acceptors (Lipinski definition) is 4. The minimum absolute atomic E-state index is 0.135. The van der Waals surface area contributed by atoms with E-state index in [9.17, 15) is 23.4 Å². The maximum absolute atomic E-state index is 13.0. The summed E-state index contributed by atoms with van der Waals surface area (Å²) in [6.07, 6.45) is 0.532. The number of halogens is 3. The molecular weight excluding hydrogens is 383 g/mol. The molecule has 6 rings (SSSR count). The largest absolute Gasteiger partial charge is 0.507 e. The number of aliphatic hydroxyl groups is 1. The minimum atomic E-state index is -4.53. The highest BCUT2D eigenvalue weighted by Gasteiger charge is 2.61. The molecule has 29 heavy (non-hydrogen) atoms. The summed E-state index contributed by atoms with van der Waals surface area (Å²) in [6, 6.07) is 3.49. The van der Waals surface area contributed by atoms with E-state index in [1.165, 1.54) is 6.92 Å². The van der Waals surface area contributed by atoms with Crippen LogP contribution in [-0.2, 0) is 11.7 Å². The van der Waals surface area contributed by atoms with Gasteiger partial charge in [0.15, 0.2) is 5.65 Å². The molecule has 2 bridgehead atoms. The van der Waals surface area contributed by atoms with Gasteiger partial charge < -0.3 is 14.8 Å². The van der Waals surface area contributed by atoms with Crippen molar-refractivity contribution in [1.29, 1.82) is 0 Å². The molecule has 3 aromatic rings. The number of phenolic OH excluding ortho intramolecular Hbond substituents is 1. The maximum atomic E-state index is 13.0. The molecule has 0 amide bonds. The van der Waals surface area contributed by atoms with Crippen molar-refractivity contribution in [2.24, 2.45) is 0 Å². The summed E-state index contributed by atoms with van der Waals surface area (Å²) in [4.78, 5) is 0. The zero-order chi connectivity index (χ0) is 20.8. The van der Waals surface area contributed by atoms with Crippen LogP contribution in [0.2, 0.25) is 0 Å². The first-order valence-corrected chi connectivity index (χ1v) is 9.51. The molecule has 3 aliphatic carbocycles. The molecule has 0 atom stereocenters. The average Bonchev–Trinajstić information content (AvgIpc) is 3.23. The Bertz CT molecular complexity index is 1140. The lowest BCUT2D eigenvalue weighted by atomic mass is 9.73. The van der Waals surface area contributed by atoms with Gasteiger partial charge >= 0.3 is 6.18 Å². The average molecular weight is 403 g/mol. The van der Waals surface area contributed by atoms with Gasteiger partial charge in [-0.15, -0.1) is 10.2 Å². The van der Waals surface area contributed by atoms with Gasteiger partial charge in [0.05, 0.1) is 22.4 Å². The van der Waals surface area contributed by atoms with Crippen LogP contribution in [-0.4, -0.2) is 30.6 Å². The molecule has 1 aromatic carbocycles. The molecule has 3 fully saturated rings. The van der Waals surface area contributed by atoms with Crippen molar-refractivity contribution in [1.82, 2.24) is 14.8 Å². The quantitative estimate of drug-likeness (QED) is 0.663. The number of nitrogens with zero attached hydrogens (tertiary/aromatic N) is 3. The summed E-state index contributed by atoms with van der Waals surface area (Å²) in [6.45, 7) is 3.46. The van der Waals surface area contributed by atoms with Crippen LogP contribution in [0.25, 0.3) is 22.3 Å². The van der Waals surface area contributed by atoms with Gasteiger partial charge in [-0.05, 0) is 68.9 Å². The number of aromatic nitrogens is 3. The van der Waals surface area contributed by atoms with Crippen molar-refractivity contribution in [2.75, 3.05) is 0 Å². The number of alkyl halides is 3. The zero-order valence-electron chi connectivity index (χ0n) is 16.0. The lowest BCUT2D eigenvalue weighted by Crippen LogP contribution is -2.49. The number of hydrogen-bond donors (Lipinski definition) is 2. The van der Waals surface area contributed by atoms with Crippen molar-refractivity contribution >= 4 is 11.0 Å². The molecule has 152 valence electrons. The monoisotopic (exact) mass is 403 g/mol. The summed E-state index contributed by atoms with van der Waals surface area (Å²) in [5.41, 5.74) is 0.918. The summed E-state index contributed by atoms with van der Waals surface area (Å²) in [7, 11) is 0. The summed E-state index contributed by atoms with van der Waals surface area (Å²) < 4.78 is 41.1. The third kappa shape index (κ3) is 2.58. The number of aryl methyl sites for hydroxylation is 2. The second-order valence-electron chi connectivity index (χ2n) is 8.64. The van der Waals surface area contributed by atoms with Crippen LogP contribution in [0.3, 0.4) is 0 Å². The van der Waals surface area contributed by atoms with Gasteiger partial charge in [-0.25, -0.2) is 0 Å². The predicted octanol–water partition coefficient (Wildman–Crippen LogP) is 4.45. The number of fused-ring (bicyclic) bond motifs is 2. The van der Waals surface area contributed by atoms with Gasteiger partial charge in [-0.2, -0.15) is 13.2 Å². The molecular formula is C21H20F3N3O2. The SMILES string of the molecule is Cc1cc(C(F)(F)F)cc(O)c1-c1cc2c(C)cn(C34CCC(O)(C3)C4)c2nn1. The van der Waals surface area contributed by atoms with E-state index in [0.29, 0.717) is 24.2 Å². The first-order chi connectivity index (χ1) is 13.5. The Morgan fingerprint density at radius 2 is 1.76 bits per heavy atom. The standard InChI is InChI=1S/C21H20F3N3O2/c1-11-5-13(21(22,23)24)6-16(28)17(11)15-7-14-12(2)8-27(18(14)26-25-15)19-3-4-20(29,9-19)10-19/h5-8,28-29H,3-4,9-10H2,1-2H3. The van der Waals surface area contributed by atoms with E-state index >= 15 is 0 Å².